The van der Waals surface area contributed by atoms with Crippen LogP contribution in [0.3, 0.4) is 0 Å². The minimum atomic E-state index is -0.677. The molecule has 0 aliphatic rings. The van der Waals surface area contributed by atoms with Gasteiger partial charge < -0.3 is 0 Å². The van der Waals surface area contributed by atoms with Gasteiger partial charge in [-0.05, 0) is 12.1 Å². The first kappa shape index (κ1) is 12.0. The second-order valence-corrected chi connectivity index (χ2v) is 4.17. The van der Waals surface area contributed by atoms with Gasteiger partial charge in [-0.1, -0.05) is 29.3 Å². The van der Waals surface area contributed by atoms with Crippen LogP contribution >= 0.6 is 23.2 Å². The molecule has 0 atom stereocenters. The van der Waals surface area contributed by atoms with Crippen LogP contribution < -0.4 is 0 Å². The third-order valence-electron chi connectivity index (χ3n) is 2.28. The Hall–Kier alpha value is -1.45. The molecule has 0 saturated heterocycles. The number of pyridine rings is 1. The first-order valence-corrected chi connectivity index (χ1v) is 5.43. The van der Waals surface area contributed by atoms with Gasteiger partial charge in [-0.3, -0.25) is 9.78 Å². The van der Waals surface area contributed by atoms with Gasteiger partial charge in [-0.25, -0.2) is 4.39 Å². The van der Waals surface area contributed by atoms with Crippen molar-refractivity contribution in [2.45, 2.75) is 0 Å². The standard InChI is InChI=1S/C12H6Cl2FNO/c13-7-1-2-8(11(14)3-7)9-4-16-5-12(15)10(9)6-17/h1-6H. The molecule has 1 heterocycles. The summed E-state index contributed by atoms with van der Waals surface area (Å²) in [6.45, 7) is 0. The van der Waals surface area contributed by atoms with Crippen molar-refractivity contribution in [3.05, 3.63) is 52.0 Å². The van der Waals surface area contributed by atoms with Crippen LogP contribution in [0.25, 0.3) is 11.1 Å². The number of carbonyl (C=O) groups is 1. The van der Waals surface area contributed by atoms with Gasteiger partial charge in [0.25, 0.3) is 0 Å². The van der Waals surface area contributed by atoms with Gasteiger partial charge in [-0.15, -0.1) is 0 Å². The number of hydrogen-bond donors (Lipinski definition) is 0. The van der Waals surface area contributed by atoms with Crippen LogP contribution in [0.15, 0.2) is 30.6 Å². The molecule has 2 nitrogen and oxygen atoms in total. The van der Waals surface area contributed by atoms with Crippen LogP contribution in [-0.4, -0.2) is 11.3 Å². The second kappa shape index (κ2) is 4.82. The molecule has 0 amide bonds. The van der Waals surface area contributed by atoms with Crippen LogP contribution in [0, 0.1) is 5.82 Å². The predicted octanol–water partition coefficient (Wildman–Crippen LogP) is 4.01. The summed E-state index contributed by atoms with van der Waals surface area (Å²) in [4.78, 5) is 14.6. The highest BCUT2D eigenvalue weighted by Gasteiger charge is 2.13. The third kappa shape index (κ3) is 2.30. The molecule has 0 aliphatic carbocycles. The number of carbonyl (C=O) groups excluding carboxylic acids is 1. The number of halogens is 3. The van der Waals surface area contributed by atoms with Crippen molar-refractivity contribution >= 4 is 29.5 Å². The first-order valence-electron chi connectivity index (χ1n) is 4.67. The molecule has 1 aromatic heterocycles. The number of aldehydes is 1. The molecule has 1 aromatic carbocycles. The Bertz CT molecular complexity index is 587. The number of nitrogens with zero attached hydrogens (tertiary/aromatic N) is 1. The Balaban J connectivity index is 2.68. The molecular weight excluding hydrogens is 264 g/mol. The average Bonchev–Trinajstić information content (AvgIpc) is 2.29. The lowest BCUT2D eigenvalue weighted by Crippen LogP contribution is -1.94. The lowest BCUT2D eigenvalue weighted by Gasteiger charge is -2.07. The number of aromatic nitrogens is 1. The highest BCUT2D eigenvalue weighted by atomic mass is 35.5. The molecule has 0 unspecified atom stereocenters. The molecule has 17 heavy (non-hydrogen) atoms. The van der Waals surface area contributed by atoms with Gasteiger partial charge in [0.2, 0.25) is 0 Å². The summed E-state index contributed by atoms with van der Waals surface area (Å²) in [5, 5.41) is 0.809. The van der Waals surface area contributed by atoms with E-state index in [1.54, 1.807) is 12.1 Å². The van der Waals surface area contributed by atoms with E-state index < -0.39 is 5.82 Å². The summed E-state index contributed by atoms with van der Waals surface area (Å²) in [7, 11) is 0. The van der Waals surface area contributed by atoms with Crippen molar-refractivity contribution in [2.75, 3.05) is 0 Å². The summed E-state index contributed by atoms with van der Waals surface area (Å²) in [6.07, 6.45) is 2.82. The summed E-state index contributed by atoms with van der Waals surface area (Å²) in [5.74, 6) is -0.677. The second-order valence-electron chi connectivity index (χ2n) is 3.32. The van der Waals surface area contributed by atoms with Crippen molar-refractivity contribution in [3.63, 3.8) is 0 Å². The summed E-state index contributed by atoms with van der Waals surface area (Å²) in [6, 6.07) is 4.76. The largest absolute Gasteiger partial charge is 0.298 e. The van der Waals surface area contributed by atoms with Crippen LogP contribution in [0.4, 0.5) is 4.39 Å². The lowest BCUT2D eigenvalue weighted by molar-refractivity contribution is 0.112. The zero-order valence-electron chi connectivity index (χ0n) is 8.45. The average molecular weight is 270 g/mol. The molecule has 0 bridgehead atoms. The van der Waals surface area contributed by atoms with Crippen molar-refractivity contribution in [2.24, 2.45) is 0 Å². The quantitative estimate of drug-likeness (QED) is 0.772. The zero-order chi connectivity index (χ0) is 12.4. The highest BCUT2D eigenvalue weighted by molar-refractivity contribution is 6.36. The topological polar surface area (TPSA) is 30.0 Å². The van der Waals surface area contributed by atoms with E-state index in [1.807, 2.05) is 0 Å². The number of rotatable bonds is 2. The Morgan fingerprint density at radius 3 is 2.59 bits per heavy atom. The lowest BCUT2D eigenvalue weighted by atomic mass is 10.0. The third-order valence-corrected chi connectivity index (χ3v) is 2.83. The van der Waals surface area contributed by atoms with Gasteiger partial charge >= 0.3 is 0 Å². The Morgan fingerprint density at radius 2 is 1.94 bits per heavy atom. The molecule has 0 radical (unpaired) electrons. The number of hydrogen-bond acceptors (Lipinski definition) is 2. The molecule has 0 aliphatic heterocycles. The Kier molecular flexibility index (Phi) is 3.41. The Labute approximate surface area is 107 Å². The van der Waals surface area contributed by atoms with E-state index in [-0.39, 0.29) is 5.56 Å². The fraction of sp³-hybridized carbons (Fsp3) is 0. The maximum Gasteiger partial charge on any atom is 0.153 e. The van der Waals surface area contributed by atoms with Crippen LogP contribution in [-0.2, 0) is 0 Å². The van der Waals surface area contributed by atoms with E-state index in [9.17, 15) is 9.18 Å². The summed E-state index contributed by atoms with van der Waals surface area (Å²) in [5.41, 5.74) is 0.802. The summed E-state index contributed by atoms with van der Waals surface area (Å²) >= 11 is 11.8. The van der Waals surface area contributed by atoms with Crippen molar-refractivity contribution in [1.29, 1.82) is 0 Å². The minimum absolute atomic E-state index is 0.0655. The molecular formula is C12H6Cl2FNO. The molecule has 0 fully saturated rings. The van der Waals surface area contributed by atoms with E-state index in [0.717, 1.165) is 6.20 Å². The maximum absolute atomic E-state index is 13.4. The molecule has 86 valence electrons. The van der Waals surface area contributed by atoms with Gasteiger partial charge in [0.1, 0.15) is 0 Å². The van der Waals surface area contributed by atoms with Crippen LogP contribution in [0.2, 0.25) is 10.0 Å². The highest BCUT2D eigenvalue weighted by Crippen LogP contribution is 2.32. The van der Waals surface area contributed by atoms with E-state index in [0.29, 0.717) is 27.5 Å². The van der Waals surface area contributed by atoms with E-state index in [1.165, 1.54) is 12.3 Å². The number of benzene rings is 1. The fourth-order valence-electron chi connectivity index (χ4n) is 1.49. The fourth-order valence-corrected chi connectivity index (χ4v) is 2.00. The van der Waals surface area contributed by atoms with Gasteiger partial charge in [0, 0.05) is 27.4 Å². The van der Waals surface area contributed by atoms with Crippen molar-refractivity contribution < 1.29 is 9.18 Å². The molecule has 5 heteroatoms. The minimum Gasteiger partial charge on any atom is -0.298 e. The van der Waals surface area contributed by atoms with Gasteiger partial charge in [-0.2, -0.15) is 0 Å². The molecule has 0 saturated carbocycles. The van der Waals surface area contributed by atoms with E-state index >= 15 is 0 Å². The van der Waals surface area contributed by atoms with Gasteiger partial charge in [0.15, 0.2) is 12.1 Å². The predicted molar refractivity (Wildman–Crippen MR) is 65.0 cm³/mol. The van der Waals surface area contributed by atoms with Crippen LogP contribution in [0.1, 0.15) is 10.4 Å². The van der Waals surface area contributed by atoms with E-state index in [2.05, 4.69) is 4.98 Å². The van der Waals surface area contributed by atoms with Gasteiger partial charge in [0.05, 0.1) is 11.8 Å². The first-order chi connectivity index (χ1) is 8.13. The summed E-state index contributed by atoms with van der Waals surface area (Å²) < 4.78 is 13.4. The van der Waals surface area contributed by atoms with Crippen molar-refractivity contribution in [3.8, 4) is 11.1 Å². The molecule has 0 spiro atoms. The van der Waals surface area contributed by atoms with Crippen molar-refractivity contribution in [1.82, 2.24) is 4.98 Å². The molecule has 2 rings (SSSR count). The maximum atomic E-state index is 13.4. The van der Waals surface area contributed by atoms with E-state index in [4.69, 9.17) is 23.2 Å². The van der Waals surface area contributed by atoms with Crippen LogP contribution in [0.5, 0.6) is 0 Å². The SMILES string of the molecule is O=Cc1c(F)cncc1-c1ccc(Cl)cc1Cl. The monoisotopic (exact) mass is 269 g/mol. The smallest absolute Gasteiger partial charge is 0.153 e. The zero-order valence-corrected chi connectivity index (χ0v) is 9.97. The molecule has 0 N–H and O–H groups in total. The molecule has 2 aromatic rings. The normalized spacial score (nSPS) is 10.3. The Morgan fingerprint density at radius 1 is 1.18 bits per heavy atom.